The Morgan fingerprint density at radius 3 is 2.70 bits per heavy atom. The molecule has 0 aromatic heterocycles. The first-order chi connectivity index (χ1) is 9.61. The lowest BCUT2D eigenvalue weighted by molar-refractivity contribution is -0.384. The largest absolute Gasteiger partial charge is 0.489 e. The number of nitro benzene ring substituents is 1. The second-order valence-electron chi connectivity index (χ2n) is 4.93. The summed E-state index contributed by atoms with van der Waals surface area (Å²) in [6.07, 6.45) is 5.79. The summed E-state index contributed by atoms with van der Waals surface area (Å²) >= 11 is 1.60. The molecule has 5 nitrogen and oxygen atoms in total. The van der Waals surface area contributed by atoms with Crippen LogP contribution in [0.2, 0.25) is 0 Å². The van der Waals surface area contributed by atoms with Gasteiger partial charge in [-0.2, -0.15) is 0 Å². The number of nitrogen functional groups attached to an aromatic ring is 1. The molecule has 0 saturated heterocycles. The summed E-state index contributed by atoms with van der Waals surface area (Å²) in [5, 5.41) is 11.0. The molecule has 0 aliphatic heterocycles. The highest BCUT2D eigenvalue weighted by molar-refractivity contribution is 7.99. The number of benzene rings is 1. The number of hydrogen-bond acceptors (Lipinski definition) is 5. The van der Waals surface area contributed by atoms with Crippen LogP contribution < -0.4 is 10.5 Å². The SMILES string of the molecule is CCSc1cc(N)c([N+](=O)[O-])cc1OC1CCCCC1. The molecular weight excluding hydrogens is 276 g/mol. The Labute approximate surface area is 123 Å². The average Bonchev–Trinajstić information content (AvgIpc) is 2.42. The van der Waals surface area contributed by atoms with Crippen molar-refractivity contribution in [3.8, 4) is 5.75 Å². The average molecular weight is 296 g/mol. The van der Waals surface area contributed by atoms with Gasteiger partial charge in [-0.05, 0) is 37.5 Å². The van der Waals surface area contributed by atoms with Crippen LogP contribution in [0.4, 0.5) is 11.4 Å². The van der Waals surface area contributed by atoms with Gasteiger partial charge in [0.15, 0.2) is 0 Å². The zero-order valence-corrected chi connectivity index (χ0v) is 12.4. The lowest BCUT2D eigenvalue weighted by atomic mass is 9.98. The highest BCUT2D eigenvalue weighted by Crippen LogP contribution is 2.38. The third kappa shape index (κ3) is 3.56. The van der Waals surface area contributed by atoms with Crippen LogP contribution in [0.5, 0.6) is 5.75 Å². The summed E-state index contributed by atoms with van der Waals surface area (Å²) in [6.45, 7) is 2.03. The normalized spacial score (nSPS) is 16.1. The van der Waals surface area contributed by atoms with E-state index in [2.05, 4.69) is 0 Å². The van der Waals surface area contributed by atoms with Crippen LogP contribution in [0, 0.1) is 10.1 Å². The Morgan fingerprint density at radius 1 is 1.40 bits per heavy atom. The summed E-state index contributed by atoms with van der Waals surface area (Å²) in [5.74, 6) is 1.47. The minimum atomic E-state index is -0.455. The standard InChI is InChI=1S/C14H20N2O3S/c1-2-20-14-8-11(15)12(16(17)18)9-13(14)19-10-6-4-3-5-7-10/h8-10H,2-7,15H2,1H3. The summed E-state index contributed by atoms with van der Waals surface area (Å²) in [4.78, 5) is 11.4. The molecular formula is C14H20N2O3S. The van der Waals surface area contributed by atoms with Crippen LogP contribution in [0.3, 0.4) is 0 Å². The smallest absolute Gasteiger partial charge is 0.295 e. The second-order valence-corrected chi connectivity index (χ2v) is 6.23. The highest BCUT2D eigenvalue weighted by atomic mass is 32.2. The van der Waals surface area contributed by atoms with Crippen molar-refractivity contribution in [1.29, 1.82) is 0 Å². The highest BCUT2D eigenvalue weighted by Gasteiger charge is 2.21. The molecule has 0 spiro atoms. The van der Waals surface area contributed by atoms with E-state index in [-0.39, 0.29) is 17.5 Å². The number of hydrogen-bond donors (Lipinski definition) is 1. The minimum Gasteiger partial charge on any atom is -0.489 e. The maximum Gasteiger partial charge on any atom is 0.295 e. The van der Waals surface area contributed by atoms with Gasteiger partial charge in [0.05, 0.1) is 22.0 Å². The lowest BCUT2D eigenvalue weighted by Gasteiger charge is -2.24. The third-order valence-corrected chi connectivity index (χ3v) is 4.35. The van der Waals surface area contributed by atoms with Crippen LogP contribution in [0.25, 0.3) is 0 Å². The first kappa shape index (κ1) is 15.0. The Kier molecular flexibility index (Phi) is 5.11. The molecule has 2 rings (SSSR count). The number of nitrogens with zero attached hydrogens (tertiary/aromatic N) is 1. The van der Waals surface area contributed by atoms with E-state index in [1.165, 1.54) is 12.5 Å². The summed E-state index contributed by atoms with van der Waals surface area (Å²) in [5.41, 5.74) is 5.87. The van der Waals surface area contributed by atoms with Gasteiger partial charge < -0.3 is 10.5 Å². The van der Waals surface area contributed by atoms with E-state index in [1.54, 1.807) is 17.8 Å². The first-order valence-electron chi connectivity index (χ1n) is 6.99. The van der Waals surface area contributed by atoms with E-state index >= 15 is 0 Å². The van der Waals surface area contributed by atoms with Crippen molar-refractivity contribution < 1.29 is 9.66 Å². The Balaban J connectivity index is 2.27. The van der Waals surface area contributed by atoms with E-state index in [1.807, 2.05) is 6.92 Å². The number of nitrogens with two attached hydrogens (primary N) is 1. The summed E-state index contributed by atoms with van der Waals surface area (Å²) in [7, 11) is 0. The molecule has 0 radical (unpaired) electrons. The molecule has 110 valence electrons. The van der Waals surface area contributed by atoms with Crippen LogP contribution >= 0.6 is 11.8 Å². The molecule has 2 N–H and O–H groups in total. The lowest BCUT2D eigenvalue weighted by Crippen LogP contribution is -2.20. The number of thioether (sulfide) groups is 1. The zero-order valence-electron chi connectivity index (χ0n) is 11.6. The molecule has 1 aromatic rings. The fourth-order valence-electron chi connectivity index (χ4n) is 2.45. The van der Waals surface area contributed by atoms with Gasteiger partial charge in [0.25, 0.3) is 5.69 Å². The van der Waals surface area contributed by atoms with Gasteiger partial charge in [0.1, 0.15) is 11.4 Å². The van der Waals surface area contributed by atoms with Crippen molar-refractivity contribution in [1.82, 2.24) is 0 Å². The van der Waals surface area contributed by atoms with Crippen molar-refractivity contribution in [2.45, 2.75) is 50.0 Å². The van der Waals surface area contributed by atoms with E-state index in [0.29, 0.717) is 5.75 Å². The quantitative estimate of drug-likeness (QED) is 0.384. The van der Waals surface area contributed by atoms with E-state index in [0.717, 1.165) is 36.3 Å². The van der Waals surface area contributed by atoms with Crippen LogP contribution in [-0.2, 0) is 0 Å². The van der Waals surface area contributed by atoms with Gasteiger partial charge in [-0.1, -0.05) is 13.3 Å². The maximum absolute atomic E-state index is 11.0. The van der Waals surface area contributed by atoms with Crippen molar-refractivity contribution in [3.63, 3.8) is 0 Å². The summed E-state index contributed by atoms with van der Waals surface area (Å²) in [6, 6.07) is 3.13. The van der Waals surface area contributed by atoms with Crippen molar-refractivity contribution in [3.05, 3.63) is 22.2 Å². The Hall–Kier alpha value is -1.43. The van der Waals surface area contributed by atoms with Crippen LogP contribution in [0.15, 0.2) is 17.0 Å². The third-order valence-electron chi connectivity index (χ3n) is 3.44. The molecule has 1 aromatic carbocycles. The molecule has 1 fully saturated rings. The first-order valence-corrected chi connectivity index (χ1v) is 7.97. The monoisotopic (exact) mass is 296 g/mol. The maximum atomic E-state index is 11.0. The number of nitro groups is 1. The number of rotatable bonds is 5. The van der Waals surface area contributed by atoms with Gasteiger partial charge in [-0.3, -0.25) is 10.1 Å². The molecule has 1 aliphatic rings. The summed E-state index contributed by atoms with van der Waals surface area (Å²) < 4.78 is 6.00. The number of anilines is 1. The van der Waals surface area contributed by atoms with Gasteiger partial charge in [0.2, 0.25) is 0 Å². The topological polar surface area (TPSA) is 78.4 Å². The molecule has 0 heterocycles. The molecule has 0 unspecified atom stereocenters. The van der Waals surface area contributed by atoms with Gasteiger partial charge in [-0.15, -0.1) is 11.8 Å². The van der Waals surface area contributed by atoms with Crippen LogP contribution in [0.1, 0.15) is 39.0 Å². The van der Waals surface area contributed by atoms with Crippen LogP contribution in [-0.4, -0.2) is 16.8 Å². The molecule has 1 saturated carbocycles. The molecule has 20 heavy (non-hydrogen) atoms. The van der Waals surface area contributed by atoms with Gasteiger partial charge in [-0.25, -0.2) is 0 Å². The molecule has 0 bridgehead atoms. The fourth-order valence-corrected chi connectivity index (χ4v) is 3.22. The fraction of sp³-hybridized carbons (Fsp3) is 0.571. The van der Waals surface area contributed by atoms with Gasteiger partial charge in [0, 0.05) is 0 Å². The molecule has 1 aliphatic carbocycles. The van der Waals surface area contributed by atoms with E-state index < -0.39 is 4.92 Å². The van der Waals surface area contributed by atoms with E-state index in [9.17, 15) is 10.1 Å². The number of ether oxygens (including phenoxy) is 1. The van der Waals surface area contributed by atoms with Crippen molar-refractivity contribution in [2.75, 3.05) is 11.5 Å². The molecule has 0 atom stereocenters. The Bertz CT molecular complexity index is 488. The predicted octanol–water partition coefficient (Wildman–Crippen LogP) is 4.00. The van der Waals surface area contributed by atoms with Crippen molar-refractivity contribution >= 4 is 23.1 Å². The van der Waals surface area contributed by atoms with Crippen molar-refractivity contribution in [2.24, 2.45) is 0 Å². The molecule has 0 amide bonds. The molecule has 6 heteroatoms. The van der Waals surface area contributed by atoms with Gasteiger partial charge >= 0.3 is 0 Å². The van der Waals surface area contributed by atoms with E-state index in [4.69, 9.17) is 10.5 Å². The minimum absolute atomic E-state index is 0.0729. The second kappa shape index (κ2) is 6.83. The predicted molar refractivity (Wildman–Crippen MR) is 81.4 cm³/mol. The zero-order chi connectivity index (χ0) is 14.5. The Morgan fingerprint density at radius 2 is 2.10 bits per heavy atom.